The number of benzene rings is 1. The van der Waals surface area contributed by atoms with Crippen molar-refractivity contribution in [1.82, 2.24) is 5.43 Å². The third kappa shape index (κ3) is 2.92. The van der Waals surface area contributed by atoms with Gasteiger partial charge < -0.3 is 0 Å². The lowest BCUT2D eigenvalue weighted by Gasteiger charge is -2.33. The average Bonchev–Trinajstić information content (AvgIpc) is 2.35. The van der Waals surface area contributed by atoms with Crippen LogP contribution in [0.25, 0.3) is 0 Å². The van der Waals surface area contributed by atoms with Gasteiger partial charge in [-0.2, -0.15) is 0 Å². The van der Waals surface area contributed by atoms with Crippen LogP contribution in [-0.4, -0.2) is 0 Å². The Labute approximate surface area is 116 Å². The Hall–Kier alpha value is -0.450. The van der Waals surface area contributed by atoms with Crippen molar-refractivity contribution >= 4 is 15.9 Å². The molecule has 0 radical (unpaired) electrons. The first-order chi connectivity index (χ1) is 8.63. The molecule has 0 amide bonds. The van der Waals surface area contributed by atoms with Crippen LogP contribution >= 0.6 is 15.9 Å². The summed E-state index contributed by atoms with van der Waals surface area (Å²) in [6.07, 6.45) is 4.83. The Balaban J connectivity index is 2.24. The molecule has 100 valence electrons. The molecule has 0 aromatic heterocycles. The van der Waals surface area contributed by atoms with Crippen LogP contribution in [0, 0.1) is 17.7 Å². The highest BCUT2D eigenvalue weighted by molar-refractivity contribution is 9.10. The van der Waals surface area contributed by atoms with Crippen molar-refractivity contribution < 1.29 is 4.39 Å². The predicted octanol–water partition coefficient (Wildman–Crippen LogP) is 3.92. The van der Waals surface area contributed by atoms with Crippen molar-refractivity contribution in [1.29, 1.82) is 0 Å². The van der Waals surface area contributed by atoms with E-state index >= 15 is 0 Å². The molecule has 18 heavy (non-hydrogen) atoms. The Morgan fingerprint density at radius 3 is 2.89 bits per heavy atom. The highest BCUT2D eigenvalue weighted by Crippen LogP contribution is 2.39. The summed E-state index contributed by atoms with van der Waals surface area (Å²) in [6, 6.07) is 5.17. The van der Waals surface area contributed by atoms with Gasteiger partial charge in [0.2, 0.25) is 0 Å². The molecule has 1 fully saturated rings. The van der Waals surface area contributed by atoms with Crippen LogP contribution in [0.5, 0.6) is 0 Å². The van der Waals surface area contributed by atoms with Crippen LogP contribution in [0.15, 0.2) is 22.7 Å². The fourth-order valence-electron chi connectivity index (χ4n) is 3.02. The van der Waals surface area contributed by atoms with Crippen LogP contribution in [-0.2, 0) is 0 Å². The van der Waals surface area contributed by atoms with Gasteiger partial charge in [0, 0.05) is 0 Å². The van der Waals surface area contributed by atoms with Crippen LogP contribution in [0.4, 0.5) is 4.39 Å². The number of hydrogen-bond acceptors (Lipinski definition) is 2. The molecule has 0 spiro atoms. The molecule has 4 heteroatoms. The molecular formula is C14H20BrFN2. The standard InChI is InChI=1S/C14H20BrFN2/c1-9-4-2-5-10(8-9)14(18-17)11-6-3-7-12(16)13(11)15/h3,6-7,9-10,14,18H,2,4-5,8,17H2,1H3. The lowest BCUT2D eigenvalue weighted by Crippen LogP contribution is -2.35. The Bertz CT molecular complexity index is 411. The molecule has 1 aliphatic carbocycles. The second-order valence-corrected chi connectivity index (χ2v) is 6.11. The maximum absolute atomic E-state index is 13.6. The fourth-order valence-corrected chi connectivity index (χ4v) is 3.54. The van der Waals surface area contributed by atoms with E-state index in [0.29, 0.717) is 10.4 Å². The lowest BCUT2D eigenvalue weighted by molar-refractivity contribution is 0.224. The summed E-state index contributed by atoms with van der Waals surface area (Å²) < 4.78 is 14.1. The minimum atomic E-state index is -0.225. The van der Waals surface area contributed by atoms with E-state index in [0.717, 1.165) is 24.3 Å². The van der Waals surface area contributed by atoms with Gasteiger partial charge >= 0.3 is 0 Å². The topological polar surface area (TPSA) is 38.0 Å². The monoisotopic (exact) mass is 314 g/mol. The van der Waals surface area contributed by atoms with Gasteiger partial charge in [-0.15, -0.1) is 0 Å². The van der Waals surface area contributed by atoms with Crippen LogP contribution in [0.1, 0.15) is 44.2 Å². The summed E-state index contributed by atoms with van der Waals surface area (Å²) in [5, 5.41) is 0. The number of nitrogens with one attached hydrogen (secondary N) is 1. The zero-order valence-electron chi connectivity index (χ0n) is 10.6. The van der Waals surface area contributed by atoms with E-state index in [9.17, 15) is 4.39 Å². The molecule has 2 nitrogen and oxygen atoms in total. The quantitative estimate of drug-likeness (QED) is 0.655. The Kier molecular flexibility index (Phi) is 4.76. The van der Waals surface area contributed by atoms with E-state index in [4.69, 9.17) is 5.84 Å². The highest BCUT2D eigenvalue weighted by atomic mass is 79.9. The molecule has 3 N–H and O–H groups in total. The second kappa shape index (κ2) is 6.13. The Morgan fingerprint density at radius 2 is 2.22 bits per heavy atom. The highest BCUT2D eigenvalue weighted by Gasteiger charge is 2.28. The van der Waals surface area contributed by atoms with Crippen molar-refractivity contribution in [2.24, 2.45) is 17.7 Å². The third-order valence-electron chi connectivity index (χ3n) is 3.94. The predicted molar refractivity (Wildman–Crippen MR) is 75.3 cm³/mol. The van der Waals surface area contributed by atoms with Gasteiger partial charge in [-0.25, -0.2) is 4.39 Å². The average molecular weight is 315 g/mol. The summed E-state index contributed by atoms with van der Waals surface area (Å²) in [4.78, 5) is 0. The van der Waals surface area contributed by atoms with E-state index in [1.807, 2.05) is 6.07 Å². The SMILES string of the molecule is CC1CCCC(C(NN)c2cccc(F)c2Br)C1. The molecular weight excluding hydrogens is 295 g/mol. The Morgan fingerprint density at radius 1 is 1.44 bits per heavy atom. The molecule has 2 rings (SSSR count). The van der Waals surface area contributed by atoms with E-state index in [1.165, 1.54) is 18.9 Å². The van der Waals surface area contributed by atoms with Gasteiger partial charge in [0.1, 0.15) is 5.82 Å². The van der Waals surface area contributed by atoms with Gasteiger partial charge in [0.05, 0.1) is 10.5 Å². The zero-order chi connectivity index (χ0) is 13.1. The second-order valence-electron chi connectivity index (χ2n) is 5.32. The fraction of sp³-hybridized carbons (Fsp3) is 0.571. The van der Waals surface area contributed by atoms with Crippen molar-refractivity contribution in [2.45, 2.75) is 38.6 Å². The van der Waals surface area contributed by atoms with Crippen LogP contribution in [0.2, 0.25) is 0 Å². The number of hydrogen-bond donors (Lipinski definition) is 2. The number of hydrazine groups is 1. The van der Waals surface area contributed by atoms with Crippen molar-refractivity contribution in [3.05, 3.63) is 34.1 Å². The van der Waals surface area contributed by atoms with Gasteiger partial charge in [-0.05, 0) is 52.2 Å². The normalized spacial score (nSPS) is 26.0. The number of nitrogens with two attached hydrogens (primary N) is 1. The van der Waals surface area contributed by atoms with Crippen LogP contribution in [0.3, 0.4) is 0 Å². The number of rotatable bonds is 3. The summed E-state index contributed by atoms with van der Waals surface area (Å²) >= 11 is 3.33. The zero-order valence-corrected chi connectivity index (χ0v) is 12.2. The van der Waals surface area contributed by atoms with E-state index in [-0.39, 0.29) is 11.9 Å². The summed E-state index contributed by atoms with van der Waals surface area (Å²) in [7, 11) is 0. The molecule has 0 heterocycles. The van der Waals surface area contributed by atoms with Crippen molar-refractivity contribution in [2.75, 3.05) is 0 Å². The van der Waals surface area contributed by atoms with E-state index in [1.54, 1.807) is 6.07 Å². The molecule has 1 aromatic rings. The third-order valence-corrected chi connectivity index (χ3v) is 4.78. The lowest BCUT2D eigenvalue weighted by atomic mass is 9.77. The minimum Gasteiger partial charge on any atom is -0.271 e. The van der Waals surface area contributed by atoms with Gasteiger partial charge in [-0.1, -0.05) is 31.9 Å². The van der Waals surface area contributed by atoms with Crippen molar-refractivity contribution in [3.63, 3.8) is 0 Å². The maximum Gasteiger partial charge on any atom is 0.137 e. The molecule has 0 bridgehead atoms. The van der Waals surface area contributed by atoms with E-state index in [2.05, 4.69) is 28.3 Å². The largest absolute Gasteiger partial charge is 0.271 e. The maximum atomic E-state index is 13.6. The minimum absolute atomic E-state index is 0.0258. The first-order valence-corrected chi connectivity index (χ1v) is 7.32. The van der Waals surface area contributed by atoms with Gasteiger partial charge in [-0.3, -0.25) is 11.3 Å². The molecule has 1 aromatic carbocycles. The van der Waals surface area contributed by atoms with Gasteiger partial charge in [0.15, 0.2) is 0 Å². The van der Waals surface area contributed by atoms with E-state index < -0.39 is 0 Å². The summed E-state index contributed by atoms with van der Waals surface area (Å²) in [5.74, 6) is 6.69. The first kappa shape index (κ1) is 14.0. The van der Waals surface area contributed by atoms with Crippen molar-refractivity contribution in [3.8, 4) is 0 Å². The van der Waals surface area contributed by atoms with Crippen LogP contribution < -0.4 is 11.3 Å². The van der Waals surface area contributed by atoms with Gasteiger partial charge in [0.25, 0.3) is 0 Å². The molecule has 0 saturated heterocycles. The molecule has 0 aliphatic heterocycles. The summed E-state index contributed by atoms with van der Waals surface area (Å²) in [6.45, 7) is 2.28. The molecule has 1 aliphatic rings. The first-order valence-electron chi connectivity index (χ1n) is 6.53. The summed E-state index contributed by atoms with van der Waals surface area (Å²) in [5.41, 5.74) is 3.81. The molecule has 1 saturated carbocycles. The molecule has 3 unspecified atom stereocenters. The smallest absolute Gasteiger partial charge is 0.137 e. The molecule has 3 atom stereocenters. The number of halogens is 2.